The summed E-state index contributed by atoms with van der Waals surface area (Å²) in [6.45, 7) is 0.599. The summed E-state index contributed by atoms with van der Waals surface area (Å²) >= 11 is 5.92. The number of hydrogen-bond donors (Lipinski definition) is 1. The molecule has 1 saturated heterocycles. The third kappa shape index (κ3) is 3.64. The summed E-state index contributed by atoms with van der Waals surface area (Å²) in [5, 5.41) is 0.685. The van der Waals surface area contributed by atoms with Gasteiger partial charge in [-0.15, -0.1) is 0 Å². The number of nitrogens with one attached hydrogen (secondary N) is 1. The third-order valence-corrected chi connectivity index (χ3v) is 5.14. The monoisotopic (exact) mass is 379 g/mol. The predicted octanol–water partition coefficient (Wildman–Crippen LogP) is 3.69. The lowest BCUT2D eigenvalue weighted by atomic mass is 9.98. The normalized spacial score (nSPS) is 16.7. The molecule has 6 heteroatoms. The first-order valence-electron chi connectivity index (χ1n) is 8.81. The zero-order chi connectivity index (χ0) is 18.8. The molecule has 27 heavy (non-hydrogen) atoms. The molecule has 0 saturated carbocycles. The van der Waals surface area contributed by atoms with Gasteiger partial charge in [-0.2, -0.15) is 0 Å². The van der Waals surface area contributed by atoms with Crippen LogP contribution in [0.2, 0.25) is 5.02 Å². The van der Waals surface area contributed by atoms with Crippen LogP contribution >= 0.6 is 11.6 Å². The number of pyridine rings is 2. The zero-order valence-corrected chi connectivity index (χ0v) is 15.3. The number of nitrogens with zero attached hydrogens (tertiary/aromatic N) is 2. The summed E-state index contributed by atoms with van der Waals surface area (Å²) in [6, 6.07) is 14.7. The number of H-pyrrole nitrogens is 1. The van der Waals surface area contributed by atoms with Crippen molar-refractivity contribution in [2.75, 3.05) is 11.4 Å². The van der Waals surface area contributed by atoms with Crippen molar-refractivity contribution in [2.45, 2.75) is 12.8 Å². The second-order valence-corrected chi connectivity index (χ2v) is 7.06. The van der Waals surface area contributed by atoms with Gasteiger partial charge in [-0.3, -0.25) is 19.5 Å². The molecular formula is C21H18ClN3O2. The number of rotatable bonds is 4. The Bertz CT molecular complexity index is 1020. The zero-order valence-electron chi connectivity index (χ0n) is 14.6. The van der Waals surface area contributed by atoms with E-state index in [1.807, 2.05) is 24.3 Å². The first-order valence-corrected chi connectivity index (χ1v) is 9.19. The third-order valence-electron chi connectivity index (χ3n) is 4.89. The molecular weight excluding hydrogens is 362 g/mol. The molecule has 1 aliphatic heterocycles. The van der Waals surface area contributed by atoms with E-state index < -0.39 is 0 Å². The average Bonchev–Trinajstić information content (AvgIpc) is 3.04. The summed E-state index contributed by atoms with van der Waals surface area (Å²) in [5.41, 5.74) is 2.23. The van der Waals surface area contributed by atoms with Crippen LogP contribution in [-0.2, 0) is 11.2 Å². The standard InChI is InChI=1S/C21H18ClN3O2/c22-17-3-1-14(2-4-17)13-16-9-12-25(21(16)27)19-6-5-18(20(26)24-19)15-7-10-23-11-8-15/h1-8,10-11,16H,9,12-13H2,(H,24,26)/t16-/m1/s1. The van der Waals surface area contributed by atoms with Gasteiger partial charge in [-0.05, 0) is 60.4 Å². The van der Waals surface area contributed by atoms with Crippen LogP contribution in [0.15, 0.2) is 65.7 Å². The summed E-state index contributed by atoms with van der Waals surface area (Å²) < 4.78 is 0. The number of amides is 1. The van der Waals surface area contributed by atoms with Gasteiger partial charge in [0, 0.05) is 35.4 Å². The maximum atomic E-state index is 12.8. The Balaban J connectivity index is 1.52. The maximum absolute atomic E-state index is 12.8. The molecule has 0 spiro atoms. The fourth-order valence-corrected chi connectivity index (χ4v) is 3.58. The lowest BCUT2D eigenvalue weighted by molar-refractivity contribution is -0.120. The quantitative estimate of drug-likeness (QED) is 0.751. The lowest BCUT2D eigenvalue weighted by Gasteiger charge is -2.17. The van der Waals surface area contributed by atoms with Crippen molar-refractivity contribution in [2.24, 2.45) is 5.92 Å². The van der Waals surface area contributed by atoms with Crippen LogP contribution in [0.1, 0.15) is 12.0 Å². The molecule has 3 aromatic rings. The Morgan fingerprint density at radius 3 is 2.48 bits per heavy atom. The van der Waals surface area contributed by atoms with Gasteiger partial charge in [0.1, 0.15) is 5.82 Å². The van der Waals surface area contributed by atoms with E-state index in [9.17, 15) is 9.59 Å². The van der Waals surface area contributed by atoms with E-state index in [0.717, 1.165) is 17.5 Å². The van der Waals surface area contributed by atoms with Crippen molar-refractivity contribution in [3.63, 3.8) is 0 Å². The molecule has 1 atom stereocenters. The van der Waals surface area contributed by atoms with Crippen molar-refractivity contribution >= 4 is 23.3 Å². The SMILES string of the molecule is O=C1[C@@H](Cc2ccc(Cl)cc2)CCN1c1ccc(-c2ccncc2)c(=O)[nH]1. The smallest absolute Gasteiger partial charge is 0.257 e. The number of aromatic amines is 1. The Labute approximate surface area is 161 Å². The van der Waals surface area contributed by atoms with Crippen LogP contribution in [0.5, 0.6) is 0 Å². The minimum atomic E-state index is -0.215. The lowest BCUT2D eigenvalue weighted by Crippen LogP contribution is -2.30. The van der Waals surface area contributed by atoms with Crippen molar-refractivity contribution in [1.29, 1.82) is 0 Å². The number of benzene rings is 1. The first kappa shape index (κ1) is 17.5. The Kier molecular flexibility index (Phi) is 4.77. The summed E-state index contributed by atoms with van der Waals surface area (Å²) in [4.78, 5) is 33.8. The van der Waals surface area contributed by atoms with Crippen LogP contribution in [-0.4, -0.2) is 22.4 Å². The number of halogens is 1. The van der Waals surface area contributed by atoms with Gasteiger partial charge in [-0.25, -0.2) is 0 Å². The van der Waals surface area contributed by atoms with Crippen LogP contribution < -0.4 is 10.5 Å². The molecule has 3 heterocycles. The van der Waals surface area contributed by atoms with E-state index in [1.165, 1.54) is 0 Å². The molecule has 1 aromatic carbocycles. The van der Waals surface area contributed by atoms with Crippen molar-refractivity contribution < 1.29 is 4.79 Å². The number of hydrogen-bond acceptors (Lipinski definition) is 3. The molecule has 1 fully saturated rings. The molecule has 0 bridgehead atoms. The largest absolute Gasteiger partial charge is 0.308 e. The van der Waals surface area contributed by atoms with Crippen LogP contribution in [0.4, 0.5) is 5.82 Å². The van der Waals surface area contributed by atoms with E-state index in [1.54, 1.807) is 41.6 Å². The molecule has 5 nitrogen and oxygen atoms in total. The fourth-order valence-electron chi connectivity index (χ4n) is 3.45. The van der Waals surface area contributed by atoms with E-state index in [0.29, 0.717) is 29.4 Å². The van der Waals surface area contributed by atoms with E-state index in [2.05, 4.69) is 9.97 Å². The molecule has 4 rings (SSSR count). The fraction of sp³-hybridized carbons (Fsp3) is 0.190. The minimum Gasteiger partial charge on any atom is -0.308 e. The average molecular weight is 380 g/mol. The summed E-state index contributed by atoms with van der Waals surface area (Å²) in [7, 11) is 0. The highest BCUT2D eigenvalue weighted by molar-refractivity contribution is 6.30. The van der Waals surface area contributed by atoms with Crippen molar-refractivity contribution in [3.8, 4) is 11.1 Å². The van der Waals surface area contributed by atoms with Crippen molar-refractivity contribution in [1.82, 2.24) is 9.97 Å². The molecule has 0 aliphatic carbocycles. The highest BCUT2D eigenvalue weighted by Crippen LogP contribution is 2.27. The van der Waals surface area contributed by atoms with Gasteiger partial charge in [-0.1, -0.05) is 23.7 Å². The second kappa shape index (κ2) is 7.37. The van der Waals surface area contributed by atoms with E-state index >= 15 is 0 Å². The van der Waals surface area contributed by atoms with Gasteiger partial charge in [0.2, 0.25) is 5.91 Å². The molecule has 0 unspecified atom stereocenters. The molecule has 136 valence electrons. The molecule has 1 aliphatic rings. The van der Waals surface area contributed by atoms with Gasteiger partial charge in [0.15, 0.2) is 0 Å². The van der Waals surface area contributed by atoms with Crippen LogP contribution in [0.25, 0.3) is 11.1 Å². The predicted molar refractivity (Wildman–Crippen MR) is 106 cm³/mol. The van der Waals surface area contributed by atoms with Gasteiger partial charge >= 0.3 is 0 Å². The second-order valence-electron chi connectivity index (χ2n) is 6.63. The maximum Gasteiger partial charge on any atom is 0.257 e. The molecule has 1 amide bonds. The van der Waals surface area contributed by atoms with Gasteiger partial charge in [0.25, 0.3) is 5.56 Å². The van der Waals surface area contributed by atoms with Crippen LogP contribution in [0, 0.1) is 5.92 Å². The Hall–Kier alpha value is -2.92. The summed E-state index contributed by atoms with van der Waals surface area (Å²) in [5.74, 6) is 0.494. The minimum absolute atomic E-state index is 0.0391. The van der Waals surface area contributed by atoms with Gasteiger partial charge in [0.05, 0.1) is 0 Å². The summed E-state index contributed by atoms with van der Waals surface area (Å²) in [6.07, 6.45) is 4.73. The van der Waals surface area contributed by atoms with E-state index in [4.69, 9.17) is 11.6 Å². The topological polar surface area (TPSA) is 66.1 Å². The number of carbonyl (C=O) groups excluding carboxylic acids is 1. The highest BCUT2D eigenvalue weighted by atomic mass is 35.5. The van der Waals surface area contributed by atoms with E-state index in [-0.39, 0.29) is 17.4 Å². The number of anilines is 1. The highest BCUT2D eigenvalue weighted by Gasteiger charge is 2.33. The Morgan fingerprint density at radius 1 is 1.04 bits per heavy atom. The van der Waals surface area contributed by atoms with Crippen LogP contribution in [0.3, 0.4) is 0 Å². The number of carbonyl (C=O) groups is 1. The Morgan fingerprint density at radius 2 is 1.78 bits per heavy atom. The van der Waals surface area contributed by atoms with Gasteiger partial charge < -0.3 is 4.98 Å². The number of aromatic nitrogens is 2. The van der Waals surface area contributed by atoms with Crippen molar-refractivity contribution in [3.05, 3.63) is 81.9 Å². The molecule has 1 N–H and O–H groups in total. The molecule has 2 aromatic heterocycles. The molecule has 0 radical (unpaired) electrons. The first-order chi connectivity index (χ1) is 13.1.